The molecule has 1 heterocycles. The van der Waals surface area contributed by atoms with Crippen LogP contribution in [0.3, 0.4) is 0 Å². The number of hydrogen-bond acceptors (Lipinski definition) is 8. The van der Waals surface area contributed by atoms with Crippen molar-refractivity contribution in [2.45, 2.75) is 20.4 Å². The van der Waals surface area contributed by atoms with E-state index in [1.807, 2.05) is 0 Å². The van der Waals surface area contributed by atoms with Gasteiger partial charge >= 0.3 is 11.9 Å². The fourth-order valence-corrected chi connectivity index (χ4v) is 2.11. The number of nitro groups is 1. The number of aryl methyl sites for hydroxylation is 1. The van der Waals surface area contributed by atoms with Gasteiger partial charge in [-0.3, -0.25) is 0 Å². The summed E-state index contributed by atoms with van der Waals surface area (Å²) in [6.45, 7) is 2.71. The quantitative estimate of drug-likeness (QED) is 0.421. The number of phenolic OH excluding ortho intramolecular Hbond substituents is 3. The number of aromatic hydroxyl groups is 3. The third-order valence-electron chi connectivity index (χ3n) is 3.46. The zero-order chi connectivity index (χ0) is 18.0. The Labute approximate surface area is 135 Å². The molecular weight excluding hydrogens is 322 g/mol. The van der Waals surface area contributed by atoms with Gasteiger partial charge < -0.3 is 30.2 Å². The molecule has 1 aromatic heterocycles. The largest absolute Gasteiger partial charge is 0.507 e. The molecule has 0 amide bonds. The minimum atomic E-state index is -1.02. The van der Waals surface area contributed by atoms with Gasteiger partial charge in [-0.2, -0.15) is 0 Å². The van der Waals surface area contributed by atoms with Crippen molar-refractivity contribution in [1.29, 1.82) is 0 Å². The normalized spacial score (nSPS) is 10.6. The van der Waals surface area contributed by atoms with Crippen LogP contribution in [0.5, 0.6) is 17.2 Å². The van der Waals surface area contributed by atoms with Gasteiger partial charge in [0.1, 0.15) is 47.9 Å². The molecule has 128 valence electrons. The molecule has 1 aromatic carbocycles. The predicted molar refractivity (Wildman–Crippen MR) is 80.1 cm³/mol. The monoisotopic (exact) mass is 337 g/mol. The van der Waals surface area contributed by atoms with Crippen molar-refractivity contribution in [3.05, 3.63) is 39.2 Å². The van der Waals surface area contributed by atoms with Gasteiger partial charge in [0.25, 0.3) is 0 Å². The molecule has 3 N–H and O–H groups in total. The summed E-state index contributed by atoms with van der Waals surface area (Å²) in [5.74, 6) is -3.00. The van der Waals surface area contributed by atoms with E-state index in [9.17, 15) is 30.2 Å². The lowest BCUT2D eigenvalue weighted by Crippen LogP contribution is -2.14. The van der Waals surface area contributed by atoms with Crippen molar-refractivity contribution >= 4 is 11.9 Å². The number of carbonyl (C=O) groups is 1. The Hall–Kier alpha value is -3.30. The van der Waals surface area contributed by atoms with Crippen LogP contribution in [0.15, 0.2) is 12.3 Å². The Balaban J connectivity index is 2.12. The van der Waals surface area contributed by atoms with E-state index in [-0.39, 0.29) is 30.4 Å². The number of aromatic nitrogens is 2. The highest BCUT2D eigenvalue weighted by molar-refractivity contribution is 5.96. The van der Waals surface area contributed by atoms with Gasteiger partial charge in [0.15, 0.2) is 0 Å². The van der Waals surface area contributed by atoms with E-state index in [0.717, 1.165) is 6.07 Å². The summed E-state index contributed by atoms with van der Waals surface area (Å²) in [6.07, 6.45) is 1.32. The molecule has 0 atom stereocenters. The van der Waals surface area contributed by atoms with Crippen LogP contribution in [-0.4, -0.2) is 42.4 Å². The average Bonchev–Trinajstić information content (AvgIpc) is 2.86. The van der Waals surface area contributed by atoms with Gasteiger partial charge in [0, 0.05) is 11.6 Å². The Morgan fingerprint density at radius 2 is 2.00 bits per heavy atom. The molecule has 0 unspecified atom stereocenters. The first-order chi connectivity index (χ1) is 11.2. The minimum Gasteiger partial charge on any atom is -0.507 e. The molecular formula is C14H15N3O7. The first-order valence-electron chi connectivity index (χ1n) is 6.82. The van der Waals surface area contributed by atoms with Gasteiger partial charge in [-0.15, -0.1) is 0 Å². The molecule has 10 heteroatoms. The number of nitrogens with zero attached hydrogens (tertiary/aromatic N) is 3. The van der Waals surface area contributed by atoms with Crippen LogP contribution < -0.4 is 0 Å². The minimum absolute atomic E-state index is 0.0147. The first-order valence-corrected chi connectivity index (χ1v) is 6.82. The molecule has 10 nitrogen and oxygen atoms in total. The topological polar surface area (TPSA) is 148 Å². The molecule has 0 aliphatic rings. The van der Waals surface area contributed by atoms with E-state index in [4.69, 9.17) is 4.74 Å². The van der Waals surface area contributed by atoms with Crippen LogP contribution in [0.4, 0.5) is 5.95 Å². The summed E-state index contributed by atoms with van der Waals surface area (Å²) in [4.78, 5) is 25.8. The highest BCUT2D eigenvalue weighted by atomic mass is 16.6. The lowest BCUT2D eigenvalue weighted by molar-refractivity contribution is -0.396. The molecule has 0 saturated heterocycles. The average molecular weight is 337 g/mol. The molecule has 0 aliphatic carbocycles. The number of hydrogen-bond donors (Lipinski definition) is 3. The third-order valence-corrected chi connectivity index (χ3v) is 3.46. The zero-order valence-electron chi connectivity index (χ0n) is 12.9. The van der Waals surface area contributed by atoms with E-state index in [1.54, 1.807) is 6.92 Å². The molecule has 0 radical (unpaired) electrons. The van der Waals surface area contributed by atoms with E-state index >= 15 is 0 Å². The van der Waals surface area contributed by atoms with Gasteiger partial charge in [0.05, 0.1) is 0 Å². The van der Waals surface area contributed by atoms with Gasteiger partial charge in [-0.25, -0.2) is 9.36 Å². The summed E-state index contributed by atoms with van der Waals surface area (Å²) in [7, 11) is 0. The summed E-state index contributed by atoms with van der Waals surface area (Å²) in [6, 6.07) is 0.913. The standard InChI is InChI=1S/C14H15N3O7/c1-7-6-15-14(17(22)23)16(7)3-4-24-13(21)11-10(19)5-9(18)8(2)12(11)20/h5-6,18-20H,3-4H2,1-2H3. The Bertz CT molecular complexity index is 813. The van der Waals surface area contributed by atoms with Crippen molar-refractivity contribution in [2.24, 2.45) is 0 Å². The smallest absolute Gasteiger partial charge is 0.434 e. The van der Waals surface area contributed by atoms with E-state index < -0.39 is 28.0 Å². The molecule has 0 fully saturated rings. The van der Waals surface area contributed by atoms with Crippen LogP contribution in [-0.2, 0) is 11.3 Å². The summed E-state index contributed by atoms with van der Waals surface area (Å²) >= 11 is 0. The maximum absolute atomic E-state index is 12.0. The Morgan fingerprint density at radius 1 is 1.33 bits per heavy atom. The number of carbonyl (C=O) groups excluding carboxylic acids is 1. The summed E-state index contributed by atoms with van der Waals surface area (Å²) < 4.78 is 6.19. The highest BCUT2D eigenvalue weighted by Crippen LogP contribution is 2.36. The van der Waals surface area contributed by atoms with Gasteiger partial charge in [0.2, 0.25) is 0 Å². The van der Waals surface area contributed by atoms with Crippen molar-refractivity contribution in [3.63, 3.8) is 0 Å². The number of ether oxygens (including phenoxy) is 1. The molecule has 0 saturated carbocycles. The van der Waals surface area contributed by atoms with E-state index in [0.29, 0.717) is 5.69 Å². The summed E-state index contributed by atoms with van der Waals surface area (Å²) in [5, 5.41) is 39.8. The van der Waals surface area contributed by atoms with E-state index in [1.165, 1.54) is 17.7 Å². The SMILES string of the molecule is Cc1c(O)cc(O)c(C(=O)OCCn2c(C)cnc2[N+](=O)[O-])c1O. The lowest BCUT2D eigenvalue weighted by atomic mass is 10.1. The van der Waals surface area contributed by atoms with E-state index in [2.05, 4.69) is 4.98 Å². The second-order valence-electron chi connectivity index (χ2n) is 5.01. The fourth-order valence-electron chi connectivity index (χ4n) is 2.11. The van der Waals surface area contributed by atoms with Crippen LogP contribution >= 0.6 is 0 Å². The van der Waals surface area contributed by atoms with Crippen LogP contribution in [0, 0.1) is 24.0 Å². The number of imidazole rings is 1. The van der Waals surface area contributed by atoms with Crippen LogP contribution in [0.2, 0.25) is 0 Å². The van der Waals surface area contributed by atoms with Gasteiger partial charge in [-0.1, -0.05) is 4.98 Å². The predicted octanol–water partition coefficient (Wildman–Crippen LogP) is 1.38. The van der Waals surface area contributed by atoms with Gasteiger partial charge in [-0.05, 0) is 18.8 Å². The third kappa shape index (κ3) is 3.07. The zero-order valence-corrected chi connectivity index (χ0v) is 12.9. The number of benzene rings is 1. The van der Waals surface area contributed by atoms with Crippen molar-refractivity contribution in [2.75, 3.05) is 6.61 Å². The molecule has 0 bridgehead atoms. The van der Waals surface area contributed by atoms with Crippen molar-refractivity contribution in [1.82, 2.24) is 9.55 Å². The Morgan fingerprint density at radius 3 is 2.62 bits per heavy atom. The second-order valence-corrected chi connectivity index (χ2v) is 5.01. The van der Waals surface area contributed by atoms with Crippen molar-refractivity contribution in [3.8, 4) is 17.2 Å². The molecule has 24 heavy (non-hydrogen) atoms. The lowest BCUT2D eigenvalue weighted by Gasteiger charge is -2.11. The number of esters is 1. The first kappa shape index (κ1) is 17.1. The maximum Gasteiger partial charge on any atom is 0.434 e. The van der Waals surface area contributed by atoms with Crippen molar-refractivity contribution < 1.29 is 29.8 Å². The maximum atomic E-state index is 12.0. The fraction of sp³-hybridized carbons (Fsp3) is 0.286. The Kier molecular flexibility index (Phi) is 4.58. The second kappa shape index (κ2) is 6.44. The molecule has 2 aromatic rings. The number of phenols is 3. The molecule has 2 rings (SSSR count). The summed E-state index contributed by atoms with van der Waals surface area (Å²) in [5.41, 5.74) is 0.0481. The highest BCUT2D eigenvalue weighted by Gasteiger charge is 2.23. The van der Waals surface area contributed by atoms with Crippen LogP contribution in [0.25, 0.3) is 0 Å². The molecule has 0 spiro atoms. The van der Waals surface area contributed by atoms with Crippen LogP contribution in [0.1, 0.15) is 21.6 Å². The number of rotatable bonds is 5. The molecule has 0 aliphatic heterocycles.